The van der Waals surface area contributed by atoms with Crippen molar-refractivity contribution in [2.75, 3.05) is 12.3 Å². The Labute approximate surface area is 174 Å². The third kappa shape index (κ3) is 3.41. The number of esters is 1. The molecule has 4 rings (SSSR count). The number of halogens is 2. The number of hydrogen-bond acceptors (Lipinski definition) is 7. The molecule has 2 aromatic heterocycles. The molecule has 1 aliphatic rings. The molecule has 3 atom stereocenters. The van der Waals surface area contributed by atoms with Gasteiger partial charge >= 0.3 is 174 Å². The molecule has 152 valence electrons. The molecule has 11 heteroatoms. The molecule has 0 amide bonds. The molecule has 0 radical (unpaired) electrons. The maximum atomic E-state index is 15.7. The molecule has 0 aliphatic heterocycles. The number of anilines is 1. The van der Waals surface area contributed by atoms with Crippen LogP contribution < -0.4 is 10.2 Å². The van der Waals surface area contributed by atoms with Crippen LogP contribution in [0.3, 0.4) is 0 Å². The zero-order valence-electron chi connectivity index (χ0n) is 15.3. The summed E-state index contributed by atoms with van der Waals surface area (Å²) >= 11 is 3.17. The summed E-state index contributed by atoms with van der Waals surface area (Å²) in [5.74, 6) is -0.636. The first-order chi connectivity index (χ1) is 13.8. The van der Waals surface area contributed by atoms with Gasteiger partial charge in [0.2, 0.25) is 0 Å². The molecule has 2 N–H and O–H groups in total. The van der Waals surface area contributed by atoms with E-state index in [1.807, 2.05) is 0 Å². The zero-order valence-corrected chi connectivity index (χ0v) is 17.8. The number of hydrogen-bond donors (Lipinski definition) is 1. The normalized spacial score (nSPS) is 24.4. The number of aromatic nitrogens is 4. The fourth-order valence-electron chi connectivity index (χ4n) is 3.38. The number of alkyl halides is 1. The summed E-state index contributed by atoms with van der Waals surface area (Å²) < 4.78 is 35.0. The molecule has 8 nitrogen and oxygen atoms in total. The van der Waals surface area contributed by atoms with Crippen LogP contribution in [0.4, 0.5) is 10.3 Å². The number of imidazole rings is 1. The minimum absolute atomic E-state index is 0.00961. The number of carbonyl (C=O) groups excluding carboxylic acids is 1. The Morgan fingerprint density at radius 3 is 2.79 bits per heavy atom. The summed E-state index contributed by atoms with van der Waals surface area (Å²) in [7, 11) is 0. The van der Waals surface area contributed by atoms with Gasteiger partial charge in [-0.05, 0) is 0 Å². The molecule has 3 unspecified atom stereocenters. The summed E-state index contributed by atoms with van der Waals surface area (Å²) in [5.41, 5.74) is 4.42. The summed E-state index contributed by atoms with van der Waals surface area (Å²) in [6.07, 6.45) is 1.44. The third-order valence-electron chi connectivity index (χ3n) is 4.94. The molecule has 1 saturated carbocycles. The zero-order chi connectivity index (χ0) is 20.8. The van der Waals surface area contributed by atoms with Gasteiger partial charge in [-0.3, -0.25) is 0 Å². The molecule has 0 bridgehead atoms. The van der Waals surface area contributed by atoms with Crippen LogP contribution in [0.2, 0.25) is 9.47 Å². The van der Waals surface area contributed by atoms with E-state index < -0.39 is 36.4 Å². The van der Waals surface area contributed by atoms with Crippen LogP contribution in [0.1, 0.15) is 13.3 Å². The fourth-order valence-corrected chi connectivity index (χ4v) is 7.51. The molecule has 1 aliphatic carbocycles. The van der Waals surface area contributed by atoms with Gasteiger partial charge in [0.25, 0.3) is 0 Å². The van der Waals surface area contributed by atoms with Gasteiger partial charge < -0.3 is 0 Å². The Hall–Kier alpha value is -2.42. The SMILES string of the molecule is CC(=O)OCC1(F)CC1(Cn1cnc2c(Cl)nc(N)nc21)[Se](=O)c1ccccc1. The molecule has 1 fully saturated rings. The van der Waals surface area contributed by atoms with Crippen molar-refractivity contribution in [2.24, 2.45) is 0 Å². The van der Waals surface area contributed by atoms with Gasteiger partial charge in [0, 0.05) is 0 Å². The van der Waals surface area contributed by atoms with E-state index in [0.717, 1.165) is 0 Å². The Balaban J connectivity index is 1.75. The van der Waals surface area contributed by atoms with Gasteiger partial charge in [-0.25, -0.2) is 0 Å². The number of nitrogen functional groups attached to an aromatic ring is 1. The van der Waals surface area contributed by atoms with E-state index in [9.17, 15) is 8.63 Å². The van der Waals surface area contributed by atoms with Gasteiger partial charge in [0.15, 0.2) is 0 Å². The van der Waals surface area contributed by atoms with Crippen LogP contribution >= 0.6 is 11.6 Å². The molecule has 3 aromatic rings. The van der Waals surface area contributed by atoms with E-state index in [0.29, 0.717) is 15.6 Å². The monoisotopic (exact) mass is 485 g/mol. The Morgan fingerprint density at radius 1 is 1.38 bits per heavy atom. The van der Waals surface area contributed by atoms with Crippen molar-refractivity contribution >= 4 is 53.0 Å². The van der Waals surface area contributed by atoms with Crippen LogP contribution in [-0.4, -0.2) is 51.6 Å². The van der Waals surface area contributed by atoms with E-state index >= 15 is 4.39 Å². The minimum atomic E-state index is -2.90. The van der Waals surface area contributed by atoms with Crippen molar-refractivity contribution in [3.05, 3.63) is 41.8 Å². The Morgan fingerprint density at radius 2 is 2.10 bits per heavy atom. The average Bonchev–Trinajstić information content (AvgIpc) is 3.07. The standard InChI is InChI=1S/C18H17ClFN5O3Se/c1-11(26)28-9-17(20)7-18(17,29(27)12-5-3-2-4-6-12)8-25-10-22-13-14(19)23-16(21)24-15(13)25/h2-6,10H,7-9H2,1H3,(H2,21,23,24). The number of carbonyl (C=O) groups is 1. The Bertz CT molecular complexity index is 1130. The van der Waals surface area contributed by atoms with Gasteiger partial charge in [0.05, 0.1) is 0 Å². The molecular weight excluding hydrogens is 468 g/mol. The number of fused-ring (bicyclic) bond motifs is 1. The number of nitrogens with zero attached hydrogens (tertiary/aromatic N) is 4. The van der Waals surface area contributed by atoms with E-state index in [1.165, 1.54) is 13.3 Å². The molecule has 0 spiro atoms. The van der Waals surface area contributed by atoms with Crippen molar-refractivity contribution in [2.45, 2.75) is 29.9 Å². The Kier molecular flexibility index (Phi) is 4.88. The molecule has 29 heavy (non-hydrogen) atoms. The maximum absolute atomic E-state index is 15.7. The second-order valence-electron chi connectivity index (χ2n) is 6.92. The van der Waals surface area contributed by atoms with Crippen LogP contribution in [-0.2, 0) is 19.9 Å². The summed E-state index contributed by atoms with van der Waals surface area (Å²) in [4.78, 5) is 23.4. The van der Waals surface area contributed by atoms with Crippen LogP contribution in [0, 0.1) is 0 Å². The summed E-state index contributed by atoms with van der Waals surface area (Å²) in [5, 5.41) is 0.0836. The molecule has 2 heterocycles. The van der Waals surface area contributed by atoms with E-state index in [-0.39, 0.29) is 24.1 Å². The first-order valence-corrected chi connectivity index (χ1v) is 11.5. The number of rotatable bonds is 6. The van der Waals surface area contributed by atoms with Crippen LogP contribution in [0.25, 0.3) is 11.2 Å². The van der Waals surface area contributed by atoms with E-state index in [1.54, 1.807) is 34.9 Å². The molecular formula is C18H17ClFN5O3Se. The third-order valence-corrected chi connectivity index (χ3v) is 9.50. The van der Waals surface area contributed by atoms with E-state index in [4.69, 9.17) is 22.1 Å². The van der Waals surface area contributed by atoms with Crippen molar-refractivity contribution in [1.29, 1.82) is 0 Å². The fraction of sp³-hybridized carbons (Fsp3) is 0.333. The second kappa shape index (κ2) is 7.12. The second-order valence-corrected chi connectivity index (χ2v) is 11.0. The van der Waals surface area contributed by atoms with Crippen molar-refractivity contribution in [1.82, 2.24) is 19.5 Å². The van der Waals surface area contributed by atoms with Gasteiger partial charge in [-0.1, -0.05) is 0 Å². The van der Waals surface area contributed by atoms with Crippen LogP contribution in [0.15, 0.2) is 36.7 Å². The van der Waals surface area contributed by atoms with Gasteiger partial charge in [0.1, 0.15) is 0 Å². The van der Waals surface area contributed by atoms with Crippen molar-refractivity contribution in [3.63, 3.8) is 0 Å². The summed E-state index contributed by atoms with van der Waals surface area (Å²) in [6.45, 7) is 0.777. The number of benzene rings is 1. The van der Waals surface area contributed by atoms with Crippen LogP contribution in [0.5, 0.6) is 0 Å². The van der Waals surface area contributed by atoms with Gasteiger partial charge in [-0.2, -0.15) is 0 Å². The first-order valence-electron chi connectivity index (χ1n) is 8.69. The van der Waals surface area contributed by atoms with Crippen molar-refractivity contribution in [3.8, 4) is 0 Å². The number of nitrogens with two attached hydrogens (primary N) is 1. The molecule has 0 saturated heterocycles. The molecule has 1 aromatic carbocycles. The van der Waals surface area contributed by atoms with Crippen molar-refractivity contribution < 1.29 is 17.8 Å². The predicted octanol–water partition coefficient (Wildman–Crippen LogP) is 1.81. The topological polar surface area (TPSA) is 113 Å². The predicted molar refractivity (Wildman–Crippen MR) is 105 cm³/mol. The quantitative estimate of drug-likeness (QED) is 0.322. The average molecular weight is 485 g/mol. The summed E-state index contributed by atoms with van der Waals surface area (Å²) in [6, 6.07) is 8.74. The number of ether oxygens (including phenoxy) is 1. The first kappa shape index (κ1) is 19.9. The van der Waals surface area contributed by atoms with Gasteiger partial charge in [-0.15, -0.1) is 0 Å². The van der Waals surface area contributed by atoms with E-state index in [2.05, 4.69) is 15.0 Å².